The van der Waals surface area contributed by atoms with Gasteiger partial charge in [-0.3, -0.25) is 8.75 Å². The maximum atomic E-state index is 10.8. The molecular formula is C4H6BrCaCl2NOS. The average Bonchev–Trinajstić information content (AvgIpc) is 1.98. The van der Waals surface area contributed by atoms with Crippen LogP contribution in [0, 0.1) is 0 Å². The summed E-state index contributed by atoms with van der Waals surface area (Å²) in [6, 6.07) is 0. The third kappa shape index (κ3) is 3.55. The van der Waals surface area contributed by atoms with Crippen LogP contribution in [0.2, 0.25) is 4.34 Å². The topological polar surface area (TPSA) is 22.0 Å². The van der Waals surface area contributed by atoms with Gasteiger partial charge in [0.25, 0.3) is 5.56 Å². The predicted octanol–water partition coefficient (Wildman–Crippen LogP) is 1.37. The van der Waals surface area contributed by atoms with Gasteiger partial charge in [0, 0.05) is 7.05 Å². The van der Waals surface area contributed by atoms with Crippen LogP contribution in [0.15, 0.2) is 9.27 Å². The van der Waals surface area contributed by atoms with Gasteiger partial charge < -0.3 is 0 Å². The van der Waals surface area contributed by atoms with E-state index in [1.165, 1.54) is 15.5 Å². The zero-order chi connectivity index (χ0) is 7.02. The molecule has 2 nitrogen and oxygen atoms in total. The van der Waals surface area contributed by atoms with Crippen molar-refractivity contribution >= 4 is 89.2 Å². The van der Waals surface area contributed by atoms with E-state index in [9.17, 15) is 4.79 Å². The fourth-order valence-electron chi connectivity index (χ4n) is 0.424. The van der Waals surface area contributed by atoms with E-state index in [0.717, 1.165) is 0 Å². The van der Waals surface area contributed by atoms with Crippen molar-refractivity contribution in [3.05, 3.63) is 19.2 Å². The zero-order valence-corrected chi connectivity index (χ0v) is 8.90. The molecule has 62 valence electrons. The molecule has 0 atom stereocenters. The molecule has 0 aliphatic rings. The van der Waals surface area contributed by atoms with Crippen molar-refractivity contribution in [2.45, 2.75) is 0 Å². The SMILES string of the molecule is Cl.Cn1sc(Cl)c(Br)c1=O.[CaH2]. The van der Waals surface area contributed by atoms with E-state index in [1.54, 1.807) is 7.05 Å². The summed E-state index contributed by atoms with van der Waals surface area (Å²) in [5.41, 5.74) is -0.0787. The third-order valence-electron chi connectivity index (χ3n) is 0.863. The van der Waals surface area contributed by atoms with Gasteiger partial charge in [-0.1, -0.05) is 11.6 Å². The Morgan fingerprint density at radius 1 is 1.64 bits per heavy atom. The predicted molar refractivity (Wildman–Crippen MR) is 58.1 cm³/mol. The Labute approximate surface area is 118 Å². The monoisotopic (exact) mass is 305 g/mol. The van der Waals surface area contributed by atoms with Crippen LogP contribution >= 0.6 is 51.5 Å². The molecular weight excluding hydrogens is 301 g/mol. The quantitative estimate of drug-likeness (QED) is 0.664. The number of hydrogen-bond donors (Lipinski definition) is 0. The van der Waals surface area contributed by atoms with Crippen molar-refractivity contribution in [2.24, 2.45) is 7.05 Å². The summed E-state index contributed by atoms with van der Waals surface area (Å²) in [7, 11) is 1.67. The fraction of sp³-hybridized carbons (Fsp3) is 0.250. The third-order valence-corrected chi connectivity index (χ3v) is 3.29. The summed E-state index contributed by atoms with van der Waals surface area (Å²) in [6.45, 7) is 0. The van der Waals surface area contributed by atoms with Gasteiger partial charge in [-0.05, 0) is 27.5 Å². The number of aryl methyl sites for hydroxylation is 1. The summed E-state index contributed by atoms with van der Waals surface area (Å²) in [5.74, 6) is 0. The van der Waals surface area contributed by atoms with Gasteiger partial charge in [-0.2, -0.15) is 0 Å². The molecule has 11 heavy (non-hydrogen) atoms. The second-order valence-corrected chi connectivity index (χ2v) is 4.02. The van der Waals surface area contributed by atoms with E-state index < -0.39 is 0 Å². The van der Waals surface area contributed by atoms with Crippen LogP contribution in [0.4, 0.5) is 0 Å². The van der Waals surface area contributed by atoms with Gasteiger partial charge in [0.1, 0.15) is 8.81 Å². The van der Waals surface area contributed by atoms with Crippen molar-refractivity contribution in [3.63, 3.8) is 0 Å². The van der Waals surface area contributed by atoms with Gasteiger partial charge in [0.2, 0.25) is 0 Å². The van der Waals surface area contributed by atoms with E-state index in [-0.39, 0.29) is 55.7 Å². The van der Waals surface area contributed by atoms with Crippen molar-refractivity contribution in [1.82, 2.24) is 3.96 Å². The van der Waals surface area contributed by atoms with Crippen LogP contribution in [-0.4, -0.2) is 41.7 Å². The molecule has 0 saturated carbocycles. The molecule has 0 aliphatic carbocycles. The first-order valence-corrected chi connectivity index (χ1v) is 4.08. The molecule has 0 amide bonds. The molecule has 0 radical (unpaired) electrons. The van der Waals surface area contributed by atoms with E-state index >= 15 is 0 Å². The Morgan fingerprint density at radius 2 is 2.09 bits per heavy atom. The van der Waals surface area contributed by atoms with E-state index in [0.29, 0.717) is 8.81 Å². The van der Waals surface area contributed by atoms with Crippen molar-refractivity contribution < 1.29 is 0 Å². The summed E-state index contributed by atoms with van der Waals surface area (Å²) < 4.78 is 2.42. The summed E-state index contributed by atoms with van der Waals surface area (Å²) in [5, 5.41) is 0. The van der Waals surface area contributed by atoms with Crippen LogP contribution in [0.3, 0.4) is 0 Å². The maximum absolute atomic E-state index is 10.8. The van der Waals surface area contributed by atoms with E-state index in [1.807, 2.05) is 0 Å². The molecule has 1 aromatic rings. The van der Waals surface area contributed by atoms with Crippen LogP contribution in [0.1, 0.15) is 0 Å². The molecule has 1 heterocycles. The van der Waals surface area contributed by atoms with Gasteiger partial charge in [0.15, 0.2) is 0 Å². The number of hydrogen-bond acceptors (Lipinski definition) is 2. The molecule has 0 saturated heterocycles. The molecule has 0 unspecified atom stereocenters. The van der Waals surface area contributed by atoms with Gasteiger partial charge in [-0.25, -0.2) is 0 Å². The molecule has 0 spiro atoms. The first kappa shape index (κ1) is 15.2. The summed E-state index contributed by atoms with van der Waals surface area (Å²) >= 11 is 9.85. The molecule has 1 rings (SSSR count). The van der Waals surface area contributed by atoms with Crippen molar-refractivity contribution in [1.29, 1.82) is 0 Å². The molecule has 0 fully saturated rings. The Morgan fingerprint density at radius 3 is 2.18 bits per heavy atom. The number of aromatic nitrogens is 1. The Bertz CT molecular complexity index is 286. The second kappa shape index (κ2) is 6.24. The molecule has 7 heteroatoms. The first-order valence-electron chi connectivity index (χ1n) is 2.14. The number of halogens is 3. The Balaban J connectivity index is 0. The van der Waals surface area contributed by atoms with Gasteiger partial charge in [-0.15, -0.1) is 12.4 Å². The minimum atomic E-state index is -0.0787. The number of nitrogens with zero attached hydrogens (tertiary/aromatic N) is 1. The zero-order valence-electron chi connectivity index (χ0n) is 4.93. The second-order valence-electron chi connectivity index (χ2n) is 1.48. The van der Waals surface area contributed by atoms with Crippen molar-refractivity contribution in [3.8, 4) is 0 Å². The molecule has 0 aromatic carbocycles. The summed E-state index contributed by atoms with van der Waals surface area (Å²) in [4.78, 5) is 10.8. The molecule has 0 aliphatic heterocycles. The van der Waals surface area contributed by atoms with Crippen molar-refractivity contribution in [2.75, 3.05) is 0 Å². The Kier molecular flexibility index (Phi) is 8.64. The van der Waals surface area contributed by atoms with Crippen LogP contribution in [0.5, 0.6) is 0 Å². The van der Waals surface area contributed by atoms with Crippen LogP contribution in [-0.2, 0) is 7.05 Å². The average molecular weight is 307 g/mol. The van der Waals surface area contributed by atoms with Gasteiger partial charge in [0.05, 0.1) is 0 Å². The molecule has 0 N–H and O–H groups in total. The Hall–Kier alpha value is 1.75. The first-order chi connectivity index (χ1) is 4.13. The van der Waals surface area contributed by atoms with Gasteiger partial charge >= 0.3 is 37.7 Å². The standard InChI is InChI=1S/C4H3BrClNOS.Ca.ClH.2H/c1-7-4(8)2(5)3(6)9-7;;;;/h1H3;;1H;;. The normalized spacial score (nSPS) is 8.27. The molecule has 1 aromatic heterocycles. The van der Waals surface area contributed by atoms with E-state index in [4.69, 9.17) is 11.6 Å². The molecule has 0 bridgehead atoms. The number of rotatable bonds is 0. The fourth-order valence-corrected chi connectivity index (χ4v) is 2.00. The van der Waals surface area contributed by atoms with E-state index in [2.05, 4.69) is 15.9 Å². The van der Waals surface area contributed by atoms with Crippen LogP contribution in [0.25, 0.3) is 0 Å². The van der Waals surface area contributed by atoms with Crippen LogP contribution < -0.4 is 5.56 Å². The minimum absolute atomic E-state index is 0. The summed E-state index contributed by atoms with van der Waals surface area (Å²) in [6.07, 6.45) is 0.